The molecule has 3 heteroatoms. The maximum atomic E-state index is 12.6. The summed E-state index contributed by atoms with van der Waals surface area (Å²) in [5, 5.41) is 3.29. The van der Waals surface area contributed by atoms with Gasteiger partial charge in [-0.3, -0.25) is 0 Å². The van der Waals surface area contributed by atoms with Crippen LogP contribution in [0.3, 0.4) is 0 Å². The summed E-state index contributed by atoms with van der Waals surface area (Å²) < 4.78 is 0. The number of likely N-dealkylation sites (tertiary alicyclic amines) is 1. The Hall–Kier alpha value is -1.51. The molecular formula is C18H26N2O. The van der Waals surface area contributed by atoms with Crippen LogP contribution in [0, 0.1) is 17.8 Å². The SMILES string of the molecule is CC1CC(C)CN(C(=O)NC(c2ccccc2)C2CC2)C1. The van der Waals surface area contributed by atoms with Crippen LogP contribution >= 0.6 is 0 Å². The summed E-state index contributed by atoms with van der Waals surface area (Å²) in [7, 11) is 0. The van der Waals surface area contributed by atoms with Crippen LogP contribution in [-0.2, 0) is 0 Å². The molecular weight excluding hydrogens is 260 g/mol. The second-order valence-electron chi connectivity index (χ2n) is 7.03. The van der Waals surface area contributed by atoms with Gasteiger partial charge in [0.25, 0.3) is 0 Å². The molecule has 3 rings (SSSR count). The molecule has 1 saturated carbocycles. The Balaban J connectivity index is 1.67. The molecule has 1 aliphatic heterocycles. The largest absolute Gasteiger partial charge is 0.331 e. The first-order valence-electron chi connectivity index (χ1n) is 8.24. The van der Waals surface area contributed by atoms with Crippen LogP contribution in [0.4, 0.5) is 4.79 Å². The first-order valence-corrected chi connectivity index (χ1v) is 8.24. The molecule has 3 unspecified atom stereocenters. The maximum Gasteiger partial charge on any atom is 0.317 e. The third-order valence-electron chi connectivity index (χ3n) is 4.69. The number of carbonyl (C=O) groups excluding carboxylic acids is 1. The Bertz CT molecular complexity index is 473. The molecule has 2 amide bonds. The minimum absolute atomic E-state index is 0.120. The minimum atomic E-state index is 0.120. The third kappa shape index (κ3) is 3.58. The second-order valence-corrected chi connectivity index (χ2v) is 7.03. The summed E-state index contributed by atoms with van der Waals surface area (Å²) in [6, 6.07) is 10.7. The average molecular weight is 286 g/mol. The molecule has 0 aromatic heterocycles. The van der Waals surface area contributed by atoms with Gasteiger partial charge in [0.15, 0.2) is 0 Å². The number of urea groups is 1. The number of amides is 2. The average Bonchev–Trinajstić information content (AvgIpc) is 3.29. The number of piperidine rings is 1. The highest BCUT2D eigenvalue weighted by Gasteiger charge is 2.35. The third-order valence-corrected chi connectivity index (χ3v) is 4.69. The molecule has 1 saturated heterocycles. The Labute approximate surface area is 127 Å². The van der Waals surface area contributed by atoms with Gasteiger partial charge in [-0.25, -0.2) is 4.79 Å². The van der Waals surface area contributed by atoms with E-state index in [0.29, 0.717) is 17.8 Å². The van der Waals surface area contributed by atoms with Crippen molar-refractivity contribution in [2.45, 2.75) is 39.2 Å². The quantitative estimate of drug-likeness (QED) is 0.900. The summed E-state index contributed by atoms with van der Waals surface area (Å²) >= 11 is 0. The molecule has 2 fully saturated rings. The van der Waals surface area contributed by atoms with Crippen molar-refractivity contribution in [1.29, 1.82) is 0 Å². The van der Waals surface area contributed by atoms with Gasteiger partial charge in [-0.15, -0.1) is 0 Å². The van der Waals surface area contributed by atoms with E-state index in [1.54, 1.807) is 0 Å². The van der Waals surface area contributed by atoms with Gasteiger partial charge in [-0.05, 0) is 42.6 Å². The van der Waals surface area contributed by atoms with E-state index in [9.17, 15) is 4.79 Å². The molecule has 1 aliphatic carbocycles. The van der Waals surface area contributed by atoms with Crippen molar-refractivity contribution in [1.82, 2.24) is 10.2 Å². The standard InChI is InChI=1S/C18H26N2O/c1-13-10-14(2)12-20(11-13)18(21)19-17(16-8-9-16)15-6-4-3-5-7-15/h3-7,13-14,16-17H,8-12H2,1-2H3,(H,19,21). The van der Waals surface area contributed by atoms with Gasteiger partial charge in [-0.2, -0.15) is 0 Å². The fourth-order valence-corrected chi connectivity index (χ4v) is 3.62. The van der Waals surface area contributed by atoms with Crippen molar-refractivity contribution < 1.29 is 4.79 Å². The Morgan fingerprint density at radius 2 is 1.76 bits per heavy atom. The number of nitrogens with one attached hydrogen (secondary N) is 1. The molecule has 1 aromatic carbocycles. The van der Waals surface area contributed by atoms with E-state index in [0.717, 1.165) is 13.1 Å². The Morgan fingerprint density at radius 1 is 1.14 bits per heavy atom. The topological polar surface area (TPSA) is 32.3 Å². The Kier molecular flexibility index (Phi) is 4.18. The van der Waals surface area contributed by atoms with E-state index in [1.807, 2.05) is 11.0 Å². The molecule has 1 aromatic rings. The zero-order chi connectivity index (χ0) is 14.8. The van der Waals surface area contributed by atoms with Gasteiger partial charge in [0.05, 0.1) is 6.04 Å². The molecule has 3 nitrogen and oxygen atoms in total. The van der Waals surface area contributed by atoms with Crippen molar-refractivity contribution in [3.63, 3.8) is 0 Å². The highest BCUT2D eigenvalue weighted by molar-refractivity contribution is 5.75. The molecule has 1 N–H and O–H groups in total. The summed E-state index contributed by atoms with van der Waals surface area (Å²) in [4.78, 5) is 14.6. The van der Waals surface area contributed by atoms with Crippen LogP contribution in [0.1, 0.15) is 44.7 Å². The molecule has 114 valence electrons. The van der Waals surface area contributed by atoms with E-state index in [2.05, 4.69) is 43.4 Å². The molecule has 0 radical (unpaired) electrons. The normalized spacial score (nSPS) is 27.2. The van der Waals surface area contributed by atoms with Crippen molar-refractivity contribution in [3.8, 4) is 0 Å². The fraction of sp³-hybridized carbons (Fsp3) is 0.611. The molecule has 0 bridgehead atoms. The highest BCUT2D eigenvalue weighted by atomic mass is 16.2. The number of rotatable bonds is 3. The molecule has 0 spiro atoms. The monoisotopic (exact) mass is 286 g/mol. The van der Waals surface area contributed by atoms with Crippen LogP contribution in [0.25, 0.3) is 0 Å². The van der Waals surface area contributed by atoms with Gasteiger partial charge >= 0.3 is 6.03 Å². The first-order chi connectivity index (χ1) is 10.1. The number of hydrogen-bond donors (Lipinski definition) is 1. The highest BCUT2D eigenvalue weighted by Crippen LogP contribution is 2.41. The van der Waals surface area contributed by atoms with Gasteiger partial charge in [-0.1, -0.05) is 44.2 Å². The number of nitrogens with zero attached hydrogens (tertiary/aromatic N) is 1. The van der Waals surface area contributed by atoms with E-state index in [-0.39, 0.29) is 12.1 Å². The van der Waals surface area contributed by atoms with Gasteiger partial charge in [0.2, 0.25) is 0 Å². The van der Waals surface area contributed by atoms with Crippen LogP contribution < -0.4 is 5.32 Å². The van der Waals surface area contributed by atoms with E-state index >= 15 is 0 Å². The fourth-order valence-electron chi connectivity index (χ4n) is 3.62. The molecule has 2 aliphatic rings. The van der Waals surface area contributed by atoms with E-state index in [1.165, 1.54) is 24.8 Å². The van der Waals surface area contributed by atoms with Crippen molar-refractivity contribution in [3.05, 3.63) is 35.9 Å². The van der Waals surface area contributed by atoms with Gasteiger partial charge in [0, 0.05) is 13.1 Å². The van der Waals surface area contributed by atoms with Crippen molar-refractivity contribution in [2.24, 2.45) is 17.8 Å². The number of benzene rings is 1. The zero-order valence-corrected chi connectivity index (χ0v) is 13.1. The smallest absolute Gasteiger partial charge is 0.317 e. The number of hydrogen-bond acceptors (Lipinski definition) is 1. The van der Waals surface area contributed by atoms with Crippen LogP contribution in [0.2, 0.25) is 0 Å². The number of carbonyl (C=O) groups is 1. The van der Waals surface area contributed by atoms with Crippen molar-refractivity contribution in [2.75, 3.05) is 13.1 Å². The molecule has 21 heavy (non-hydrogen) atoms. The first kappa shape index (κ1) is 14.4. The lowest BCUT2D eigenvalue weighted by Gasteiger charge is -2.36. The minimum Gasteiger partial charge on any atom is -0.331 e. The van der Waals surface area contributed by atoms with E-state index < -0.39 is 0 Å². The summed E-state index contributed by atoms with van der Waals surface area (Å²) in [5.74, 6) is 1.84. The molecule has 3 atom stereocenters. The summed E-state index contributed by atoms with van der Waals surface area (Å²) in [5.41, 5.74) is 1.24. The predicted molar refractivity (Wildman–Crippen MR) is 85.0 cm³/mol. The second kappa shape index (κ2) is 6.08. The lowest BCUT2D eigenvalue weighted by Crippen LogP contribution is -2.48. The maximum absolute atomic E-state index is 12.6. The van der Waals surface area contributed by atoms with Crippen molar-refractivity contribution >= 4 is 6.03 Å². The summed E-state index contributed by atoms with van der Waals surface area (Å²) in [6.07, 6.45) is 3.69. The summed E-state index contributed by atoms with van der Waals surface area (Å²) in [6.45, 7) is 6.27. The van der Waals surface area contributed by atoms with Crippen LogP contribution in [0.15, 0.2) is 30.3 Å². The van der Waals surface area contributed by atoms with Crippen LogP contribution in [-0.4, -0.2) is 24.0 Å². The predicted octanol–water partition coefficient (Wildman–Crippen LogP) is 3.83. The van der Waals surface area contributed by atoms with E-state index in [4.69, 9.17) is 0 Å². The van der Waals surface area contributed by atoms with Gasteiger partial charge in [0.1, 0.15) is 0 Å². The molecule has 1 heterocycles. The lowest BCUT2D eigenvalue weighted by molar-refractivity contribution is 0.142. The van der Waals surface area contributed by atoms with Gasteiger partial charge < -0.3 is 10.2 Å². The Morgan fingerprint density at radius 3 is 2.33 bits per heavy atom. The zero-order valence-electron chi connectivity index (χ0n) is 13.1. The lowest BCUT2D eigenvalue weighted by atomic mass is 9.92. The van der Waals surface area contributed by atoms with Crippen LogP contribution in [0.5, 0.6) is 0 Å².